The summed E-state index contributed by atoms with van der Waals surface area (Å²) in [6.07, 6.45) is 2.24. The zero-order valence-corrected chi connectivity index (χ0v) is 19.9. The Bertz CT molecular complexity index is 1020. The van der Waals surface area contributed by atoms with Crippen LogP contribution in [0.25, 0.3) is 0 Å². The molecule has 0 aliphatic rings. The average Bonchev–Trinajstić information content (AvgIpc) is 2.67. The highest BCUT2D eigenvalue weighted by atomic mass is 32.2. The van der Waals surface area contributed by atoms with Gasteiger partial charge in [-0.25, -0.2) is 8.42 Å². The lowest BCUT2D eigenvalue weighted by atomic mass is 9.99. The van der Waals surface area contributed by atoms with Gasteiger partial charge in [0.1, 0.15) is 6.04 Å². The number of nitrogens with zero attached hydrogens (tertiary/aromatic N) is 1. The van der Waals surface area contributed by atoms with Crippen molar-refractivity contribution in [3.63, 3.8) is 0 Å². The molecule has 6 heteroatoms. The van der Waals surface area contributed by atoms with Crippen LogP contribution in [0.4, 0.5) is 5.69 Å². The van der Waals surface area contributed by atoms with Crippen LogP contribution in [0.1, 0.15) is 60.5 Å². The van der Waals surface area contributed by atoms with Crippen LogP contribution >= 0.6 is 0 Å². The Labute approximate surface area is 181 Å². The van der Waals surface area contributed by atoms with E-state index >= 15 is 0 Å². The normalized spacial score (nSPS) is 13.6. The van der Waals surface area contributed by atoms with Gasteiger partial charge in [-0.3, -0.25) is 9.10 Å². The molecule has 0 aromatic heterocycles. The fraction of sp³-hybridized carbons (Fsp3) is 0.458. The van der Waals surface area contributed by atoms with E-state index in [4.69, 9.17) is 0 Å². The number of hydrogen-bond donors (Lipinski definition) is 1. The Morgan fingerprint density at radius 3 is 2.10 bits per heavy atom. The third kappa shape index (κ3) is 5.42. The first-order chi connectivity index (χ1) is 14.0. The van der Waals surface area contributed by atoms with E-state index in [1.165, 1.54) is 15.4 Å². The maximum Gasteiger partial charge on any atom is 0.244 e. The maximum atomic E-state index is 13.3. The second-order valence-electron chi connectivity index (χ2n) is 8.09. The van der Waals surface area contributed by atoms with Crippen LogP contribution in [-0.4, -0.2) is 26.6 Å². The predicted molar refractivity (Wildman–Crippen MR) is 124 cm³/mol. The quantitative estimate of drug-likeness (QED) is 0.658. The molecule has 2 aromatic carbocycles. The summed E-state index contributed by atoms with van der Waals surface area (Å²) in [7, 11) is -3.66. The van der Waals surface area contributed by atoms with Crippen molar-refractivity contribution in [3.8, 4) is 0 Å². The molecule has 0 radical (unpaired) electrons. The Morgan fingerprint density at radius 2 is 1.57 bits per heavy atom. The van der Waals surface area contributed by atoms with Crippen LogP contribution in [0.5, 0.6) is 0 Å². The molecule has 0 unspecified atom stereocenters. The summed E-state index contributed by atoms with van der Waals surface area (Å²) in [6, 6.07) is 10.8. The van der Waals surface area contributed by atoms with Gasteiger partial charge in [0.15, 0.2) is 0 Å². The molecule has 0 aliphatic carbocycles. The van der Waals surface area contributed by atoms with Crippen molar-refractivity contribution < 1.29 is 13.2 Å². The molecule has 5 nitrogen and oxygen atoms in total. The highest BCUT2D eigenvalue weighted by molar-refractivity contribution is 7.92. The maximum absolute atomic E-state index is 13.3. The number of carbonyl (C=O) groups is 1. The number of amides is 1. The summed E-state index contributed by atoms with van der Waals surface area (Å²) in [5.74, 6) is -0.283. The summed E-state index contributed by atoms with van der Waals surface area (Å²) >= 11 is 0. The first-order valence-electron chi connectivity index (χ1n) is 10.4. The standard InChI is InChI=1S/C24H34N2O3S/c1-8-21(20-13-12-17(4)19(6)15-20)25-24(27)22(9-2)26(30(7,28)29)23-14-16(3)10-11-18(23)5/h10-15,21-22H,8-9H2,1-7H3,(H,25,27)/t21-,22-/m1/s1. The molecule has 0 bridgehead atoms. The molecule has 0 heterocycles. The first-order valence-corrected chi connectivity index (χ1v) is 12.3. The third-order valence-electron chi connectivity index (χ3n) is 5.59. The fourth-order valence-corrected chi connectivity index (χ4v) is 4.92. The minimum Gasteiger partial charge on any atom is -0.347 e. The molecule has 164 valence electrons. The van der Waals surface area contributed by atoms with Crippen molar-refractivity contribution in [3.05, 3.63) is 64.2 Å². The number of benzene rings is 2. The molecule has 1 N–H and O–H groups in total. The average molecular weight is 431 g/mol. The van der Waals surface area contributed by atoms with Gasteiger partial charge >= 0.3 is 0 Å². The van der Waals surface area contributed by atoms with E-state index in [1.807, 2.05) is 58.9 Å². The Balaban J connectivity index is 2.42. The van der Waals surface area contributed by atoms with E-state index in [-0.39, 0.29) is 11.9 Å². The van der Waals surface area contributed by atoms with Gasteiger partial charge in [-0.1, -0.05) is 44.2 Å². The molecule has 30 heavy (non-hydrogen) atoms. The molecule has 0 aliphatic heterocycles. The lowest BCUT2D eigenvalue weighted by molar-refractivity contribution is -0.123. The van der Waals surface area contributed by atoms with Crippen LogP contribution in [0.15, 0.2) is 36.4 Å². The van der Waals surface area contributed by atoms with E-state index < -0.39 is 16.1 Å². The minimum atomic E-state index is -3.66. The molecular formula is C24H34N2O3S. The number of rotatable bonds is 8. The number of anilines is 1. The van der Waals surface area contributed by atoms with Crippen molar-refractivity contribution in [2.45, 2.75) is 66.5 Å². The van der Waals surface area contributed by atoms with E-state index in [2.05, 4.69) is 24.4 Å². The summed E-state index contributed by atoms with van der Waals surface area (Å²) in [5.41, 5.74) is 5.71. The Morgan fingerprint density at radius 1 is 0.933 bits per heavy atom. The van der Waals surface area contributed by atoms with Crippen LogP contribution < -0.4 is 9.62 Å². The van der Waals surface area contributed by atoms with E-state index in [1.54, 1.807) is 0 Å². The summed E-state index contributed by atoms with van der Waals surface area (Å²) in [5, 5.41) is 3.09. The monoisotopic (exact) mass is 430 g/mol. The highest BCUT2D eigenvalue weighted by Gasteiger charge is 2.33. The fourth-order valence-electron chi connectivity index (χ4n) is 3.66. The molecule has 2 aromatic rings. The third-order valence-corrected chi connectivity index (χ3v) is 6.76. The molecule has 0 saturated carbocycles. The van der Waals surface area contributed by atoms with Gasteiger partial charge in [-0.15, -0.1) is 0 Å². The zero-order chi connectivity index (χ0) is 22.6. The number of hydrogen-bond acceptors (Lipinski definition) is 3. The molecule has 0 spiro atoms. The van der Waals surface area contributed by atoms with Crippen molar-refractivity contribution >= 4 is 21.6 Å². The van der Waals surface area contributed by atoms with Crippen LogP contribution in [-0.2, 0) is 14.8 Å². The van der Waals surface area contributed by atoms with Gasteiger partial charge in [-0.05, 0) is 74.4 Å². The summed E-state index contributed by atoms with van der Waals surface area (Å²) in [6.45, 7) is 11.7. The summed E-state index contributed by atoms with van der Waals surface area (Å²) in [4.78, 5) is 13.3. The lowest BCUT2D eigenvalue weighted by Crippen LogP contribution is -2.50. The molecule has 2 rings (SSSR count). The molecule has 0 fully saturated rings. The molecule has 0 saturated heterocycles. The number of aryl methyl sites for hydroxylation is 4. The number of sulfonamides is 1. The van der Waals surface area contributed by atoms with Crippen molar-refractivity contribution in [1.29, 1.82) is 0 Å². The minimum absolute atomic E-state index is 0.175. The molecule has 1 amide bonds. The second-order valence-corrected chi connectivity index (χ2v) is 9.95. The Hall–Kier alpha value is -2.34. The van der Waals surface area contributed by atoms with E-state index in [9.17, 15) is 13.2 Å². The van der Waals surface area contributed by atoms with Gasteiger partial charge in [-0.2, -0.15) is 0 Å². The second kappa shape index (κ2) is 9.65. The van der Waals surface area contributed by atoms with Gasteiger partial charge in [0.05, 0.1) is 18.0 Å². The largest absolute Gasteiger partial charge is 0.347 e. The SMILES string of the molecule is CC[C@H](C(=O)N[C@H](CC)c1ccc(C)c(C)c1)N(c1cc(C)ccc1C)S(C)(=O)=O. The van der Waals surface area contributed by atoms with E-state index in [0.717, 1.165) is 22.9 Å². The number of carbonyl (C=O) groups excluding carboxylic acids is 1. The number of nitrogens with one attached hydrogen (secondary N) is 1. The van der Waals surface area contributed by atoms with Gasteiger partial charge in [0.25, 0.3) is 0 Å². The van der Waals surface area contributed by atoms with Crippen molar-refractivity contribution in [1.82, 2.24) is 5.32 Å². The van der Waals surface area contributed by atoms with Gasteiger partial charge in [0.2, 0.25) is 15.9 Å². The van der Waals surface area contributed by atoms with Crippen LogP contribution in [0.3, 0.4) is 0 Å². The molecular weight excluding hydrogens is 396 g/mol. The molecule has 2 atom stereocenters. The van der Waals surface area contributed by atoms with Crippen LogP contribution in [0.2, 0.25) is 0 Å². The predicted octanol–water partition coefficient (Wildman–Crippen LogP) is 4.73. The lowest BCUT2D eigenvalue weighted by Gasteiger charge is -2.32. The van der Waals surface area contributed by atoms with Crippen molar-refractivity contribution in [2.75, 3.05) is 10.6 Å². The Kier molecular flexibility index (Phi) is 7.70. The summed E-state index contributed by atoms with van der Waals surface area (Å²) < 4.78 is 26.8. The van der Waals surface area contributed by atoms with E-state index in [0.29, 0.717) is 18.5 Å². The first kappa shape index (κ1) is 23.9. The topological polar surface area (TPSA) is 66.5 Å². The zero-order valence-electron chi connectivity index (χ0n) is 19.1. The highest BCUT2D eigenvalue weighted by Crippen LogP contribution is 2.28. The van der Waals surface area contributed by atoms with Gasteiger partial charge < -0.3 is 5.32 Å². The smallest absolute Gasteiger partial charge is 0.244 e. The van der Waals surface area contributed by atoms with Crippen LogP contribution in [0, 0.1) is 27.7 Å². The van der Waals surface area contributed by atoms with Crippen molar-refractivity contribution in [2.24, 2.45) is 0 Å². The van der Waals surface area contributed by atoms with Gasteiger partial charge in [0, 0.05) is 0 Å².